The van der Waals surface area contributed by atoms with E-state index >= 15 is 0 Å². The summed E-state index contributed by atoms with van der Waals surface area (Å²) in [6.45, 7) is 0.503. The number of amides is 1. The number of fused-ring (bicyclic) bond motifs is 1. The summed E-state index contributed by atoms with van der Waals surface area (Å²) in [5.41, 5.74) is 6.94. The summed E-state index contributed by atoms with van der Waals surface area (Å²) in [6.07, 6.45) is 3.72. The first-order valence-electron chi connectivity index (χ1n) is 7.32. The average Bonchev–Trinajstić information content (AvgIpc) is 2.59. The standard InChI is InChI=1S/C17H17N5O/c1-22(10-8-15(18)23)17-13-6-2-3-7-14(13)20-16(21-17)12-5-4-9-19-11-12/h2-7,9,11H,8,10H2,1H3,(H2,18,23). The zero-order valence-corrected chi connectivity index (χ0v) is 12.8. The molecule has 0 spiro atoms. The lowest BCUT2D eigenvalue weighted by Gasteiger charge is -2.20. The summed E-state index contributed by atoms with van der Waals surface area (Å²) in [6, 6.07) is 11.6. The van der Waals surface area contributed by atoms with E-state index in [2.05, 4.69) is 15.0 Å². The van der Waals surface area contributed by atoms with Crippen LogP contribution in [0.1, 0.15) is 6.42 Å². The first-order valence-corrected chi connectivity index (χ1v) is 7.32. The number of rotatable bonds is 5. The van der Waals surface area contributed by atoms with Gasteiger partial charge < -0.3 is 10.6 Å². The first-order chi connectivity index (χ1) is 11.1. The molecule has 1 amide bonds. The second kappa shape index (κ2) is 6.39. The van der Waals surface area contributed by atoms with E-state index in [0.717, 1.165) is 22.3 Å². The fourth-order valence-electron chi connectivity index (χ4n) is 2.36. The molecule has 6 nitrogen and oxygen atoms in total. The SMILES string of the molecule is CN(CCC(N)=O)c1nc(-c2cccnc2)nc2ccccc12. The molecule has 3 rings (SSSR count). The maximum atomic E-state index is 11.0. The van der Waals surface area contributed by atoms with Crippen LogP contribution in [0.5, 0.6) is 0 Å². The molecule has 0 aliphatic rings. The molecule has 2 N–H and O–H groups in total. The third-order valence-electron chi connectivity index (χ3n) is 3.56. The van der Waals surface area contributed by atoms with Crippen LogP contribution in [0, 0.1) is 0 Å². The number of pyridine rings is 1. The van der Waals surface area contributed by atoms with Gasteiger partial charge >= 0.3 is 0 Å². The minimum Gasteiger partial charge on any atom is -0.370 e. The summed E-state index contributed by atoms with van der Waals surface area (Å²) in [5.74, 6) is 1.05. The van der Waals surface area contributed by atoms with E-state index in [1.54, 1.807) is 12.4 Å². The first kappa shape index (κ1) is 14.9. The number of carbonyl (C=O) groups excluding carboxylic acids is 1. The Morgan fingerprint density at radius 1 is 1.17 bits per heavy atom. The van der Waals surface area contributed by atoms with E-state index in [1.807, 2.05) is 48.3 Å². The predicted octanol–water partition coefficient (Wildman–Crippen LogP) is 2.00. The lowest BCUT2D eigenvalue weighted by Crippen LogP contribution is -2.25. The van der Waals surface area contributed by atoms with Crippen LogP contribution >= 0.6 is 0 Å². The van der Waals surface area contributed by atoms with Crippen LogP contribution < -0.4 is 10.6 Å². The molecule has 0 aliphatic heterocycles. The van der Waals surface area contributed by atoms with Crippen LogP contribution in [0.4, 0.5) is 5.82 Å². The molecular formula is C17H17N5O. The Kier molecular flexibility index (Phi) is 4.14. The monoisotopic (exact) mass is 307 g/mol. The van der Waals surface area contributed by atoms with Crippen molar-refractivity contribution in [2.75, 3.05) is 18.5 Å². The maximum Gasteiger partial charge on any atom is 0.219 e. The van der Waals surface area contributed by atoms with Crippen molar-refractivity contribution in [3.05, 3.63) is 48.8 Å². The number of primary amides is 1. The molecular weight excluding hydrogens is 290 g/mol. The number of nitrogens with zero attached hydrogens (tertiary/aromatic N) is 4. The van der Waals surface area contributed by atoms with E-state index in [-0.39, 0.29) is 12.3 Å². The second-order valence-electron chi connectivity index (χ2n) is 5.27. The van der Waals surface area contributed by atoms with Gasteiger partial charge in [-0.05, 0) is 24.3 Å². The minimum absolute atomic E-state index is 0.275. The number of carbonyl (C=O) groups is 1. The lowest BCUT2D eigenvalue weighted by atomic mass is 10.2. The van der Waals surface area contributed by atoms with Gasteiger partial charge in [0.05, 0.1) is 5.52 Å². The number of benzene rings is 1. The van der Waals surface area contributed by atoms with E-state index in [0.29, 0.717) is 12.4 Å². The fraction of sp³-hybridized carbons (Fsp3) is 0.176. The largest absolute Gasteiger partial charge is 0.370 e. The molecule has 3 aromatic rings. The number of hydrogen-bond donors (Lipinski definition) is 1. The summed E-state index contributed by atoms with van der Waals surface area (Å²) in [5, 5.41) is 0.937. The van der Waals surface area contributed by atoms with Crippen LogP contribution in [0.15, 0.2) is 48.8 Å². The number of anilines is 1. The van der Waals surface area contributed by atoms with Gasteiger partial charge in [-0.2, -0.15) is 0 Å². The molecule has 116 valence electrons. The van der Waals surface area contributed by atoms with Gasteiger partial charge in [-0.1, -0.05) is 12.1 Å². The quantitative estimate of drug-likeness (QED) is 0.779. The molecule has 0 fully saturated rings. The van der Waals surface area contributed by atoms with Gasteiger partial charge in [0.2, 0.25) is 5.91 Å². The molecule has 1 aromatic carbocycles. The third-order valence-corrected chi connectivity index (χ3v) is 3.56. The van der Waals surface area contributed by atoms with E-state index in [9.17, 15) is 4.79 Å². The third kappa shape index (κ3) is 3.26. The van der Waals surface area contributed by atoms with Crippen molar-refractivity contribution >= 4 is 22.6 Å². The minimum atomic E-state index is -0.331. The Labute approximate surface area is 134 Å². The highest BCUT2D eigenvalue weighted by atomic mass is 16.1. The number of hydrogen-bond acceptors (Lipinski definition) is 5. The Hall–Kier alpha value is -3.02. The van der Waals surface area contributed by atoms with Gasteiger partial charge in [0.1, 0.15) is 5.82 Å². The van der Waals surface area contributed by atoms with Crippen molar-refractivity contribution in [2.45, 2.75) is 6.42 Å². The number of nitrogens with two attached hydrogens (primary N) is 1. The highest BCUT2D eigenvalue weighted by Gasteiger charge is 2.13. The summed E-state index contributed by atoms with van der Waals surface area (Å²) < 4.78 is 0. The fourth-order valence-corrected chi connectivity index (χ4v) is 2.36. The molecule has 2 aromatic heterocycles. The van der Waals surface area contributed by atoms with Crippen molar-refractivity contribution < 1.29 is 4.79 Å². The molecule has 0 unspecified atom stereocenters. The Morgan fingerprint density at radius 3 is 2.74 bits per heavy atom. The molecule has 0 saturated carbocycles. The second-order valence-corrected chi connectivity index (χ2v) is 5.27. The molecule has 0 saturated heterocycles. The van der Waals surface area contributed by atoms with Gasteiger partial charge in [0, 0.05) is 43.4 Å². The van der Waals surface area contributed by atoms with Gasteiger partial charge in [-0.3, -0.25) is 9.78 Å². The van der Waals surface area contributed by atoms with Crippen molar-refractivity contribution in [1.29, 1.82) is 0 Å². The maximum absolute atomic E-state index is 11.0. The highest BCUT2D eigenvalue weighted by molar-refractivity contribution is 5.91. The van der Waals surface area contributed by atoms with Crippen LogP contribution in [-0.4, -0.2) is 34.5 Å². The molecule has 0 radical (unpaired) electrons. The normalized spacial score (nSPS) is 10.7. The van der Waals surface area contributed by atoms with Gasteiger partial charge in [0.15, 0.2) is 5.82 Å². The zero-order chi connectivity index (χ0) is 16.2. The molecule has 23 heavy (non-hydrogen) atoms. The van der Waals surface area contributed by atoms with Crippen LogP contribution in [-0.2, 0) is 4.79 Å². The molecule has 6 heteroatoms. The van der Waals surface area contributed by atoms with Crippen LogP contribution in [0.3, 0.4) is 0 Å². The van der Waals surface area contributed by atoms with Gasteiger partial charge in [-0.25, -0.2) is 9.97 Å². The summed E-state index contributed by atoms with van der Waals surface area (Å²) >= 11 is 0. The molecule has 2 heterocycles. The van der Waals surface area contributed by atoms with Crippen molar-refractivity contribution in [2.24, 2.45) is 5.73 Å². The van der Waals surface area contributed by atoms with Gasteiger partial charge in [0.25, 0.3) is 0 Å². The summed E-state index contributed by atoms with van der Waals surface area (Å²) in [4.78, 5) is 26.4. The summed E-state index contributed by atoms with van der Waals surface area (Å²) in [7, 11) is 1.89. The lowest BCUT2D eigenvalue weighted by molar-refractivity contribution is -0.117. The zero-order valence-electron chi connectivity index (χ0n) is 12.8. The van der Waals surface area contributed by atoms with Gasteiger partial charge in [-0.15, -0.1) is 0 Å². The van der Waals surface area contributed by atoms with E-state index < -0.39 is 0 Å². The highest BCUT2D eigenvalue weighted by Crippen LogP contribution is 2.26. The van der Waals surface area contributed by atoms with Crippen molar-refractivity contribution in [3.8, 4) is 11.4 Å². The average molecular weight is 307 g/mol. The molecule has 0 aliphatic carbocycles. The Balaban J connectivity index is 2.09. The van der Waals surface area contributed by atoms with Crippen molar-refractivity contribution in [1.82, 2.24) is 15.0 Å². The number of aromatic nitrogens is 3. The van der Waals surface area contributed by atoms with Crippen LogP contribution in [0.25, 0.3) is 22.3 Å². The smallest absolute Gasteiger partial charge is 0.219 e. The molecule has 0 atom stereocenters. The Bertz CT molecular complexity index is 835. The van der Waals surface area contributed by atoms with Crippen LogP contribution in [0.2, 0.25) is 0 Å². The Morgan fingerprint density at radius 2 is 2.00 bits per heavy atom. The predicted molar refractivity (Wildman–Crippen MR) is 89.9 cm³/mol. The van der Waals surface area contributed by atoms with Crippen molar-refractivity contribution in [3.63, 3.8) is 0 Å². The number of para-hydroxylation sites is 1. The van der Waals surface area contributed by atoms with E-state index in [4.69, 9.17) is 5.73 Å². The topological polar surface area (TPSA) is 85.0 Å². The molecule has 0 bridgehead atoms. The van der Waals surface area contributed by atoms with E-state index in [1.165, 1.54) is 0 Å².